The van der Waals surface area contributed by atoms with Crippen molar-refractivity contribution in [1.82, 2.24) is 25.5 Å². The number of hydrogen-bond donors (Lipinski definition) is 6. The molecule has 0 fully saturated rings. The number of nitrogens with two attached hydrogens (primary N) is 1. The zero-order valence-electron chi connectivity index (χ0n) is 35.7. The number of cyclic esters (lactones) is 1. The number of aryl methyl sites for hydroxylation is 1. The fraction of sp³-hybridized carbons (Fsp3) is 0.422. The lowest BCUT2D eigenvalue weighted by Crippen LogP contribution is -2.44. The van der Waals surface area contributed by atoms with Crippen LogP contribution in [0.5, 0.6) is 0 Å². The molecule has 4 aromatic rings. The van der Waals surface area contributed by atoms with Gasteiger partial charge in [-0.05, 0) is 79.5 Å². The molecule has 0 spiro atoms. The molecule has 0 radical (unpaired) electrons. The second-order valence-electron chi connectivity index (χ2n) is 16.3. The van der Waals surface area contributed by atoms with Gasteiger partial charge in [-0.3, -0.25) is 19.2 Å². The van der Waals surface area contributed by atoms with Gasteiger partial charge in [0.15, 0.2) is 11.4 Å². The molecule has 0 saturated heterocycles. The molecule has 0 bridgehead atoms. The number of amides is 5. The summed E-state index contributed by atoms with van der Waals surface area (Å²) >= 11 is 0. The Kier molecular flexibility index (Phi) is 13.4. The van der Waals surface area contributed by atoms with E-state index in [1.165, 1.54) is 10.6 Å². The van der Waals surface area contributed by atoms with Gasteiger partial charge < -0.3 is 50.9 Å². The first kappa shape index (κ1) is 45.3. The van der Waals surface area contributed by atoms with Crippen LogP contribution in [0.2, 0.25) is 0 Å². The maximum atomic E-state index is 15.3. The summed E-state index contributed by atoms with van der Waals surface area (Å²) in [5, 5.41) is 22.7. The first-order valence-electron chi connectivity index (χ1n) is 21.1. The van der Waals surface area contributed by atoms with Crippen LogP contribution in [0.3, 0.4) is 0 Å². The van der Waals surface area contributed by atoms with E-state index >= 15 is 4.39 Å². The summed E-state index contributed by atoms with van der Waals surface area (Å²) in [4.78, 5) is 92.7. The Morgan fingerprint density at radius 3 is 2.59 bits per heavy atom. The van der Waals surface area contributed by atoms with Crippen molar-refractivity contribution in [1.29, 1.82) is 0 Å². The first-order chi connectivity index (χ1) is 30.6. The summed E-state index contributed by atoms with van der Waals surface area (Å²) in [6, 6.07) is 8.45. The average Bonchev–Trinajstić information content (AvgIpc) is 3.64. The molecule has 19 heteroatoms. The van der Waals surface area contributed by atoms with Gasteiger partial charge in [-0.2, -0.15) is 0 Å². The highest BCUT2D eigenvalue weighted by molar-refractivity contribution is 5.94. The van der Waals surface area contributed by atoms with Gasteiger partial charge >= 0.3 is 18.1 Å². The number of aliphatic hydroxyl groups is 1. The number of carbonyl (C=O) groups excluding carboxylic acids is 6. The van der Waals surface area contributed by atoms with Crippen molar-refractivity contribution < 1.29 is 52.5 Å². The summed E-state index contributed by atoms with van der Waals surface area (Å²) in [5.74, 6) is -2.59. The van der Waals surface area contributed by atoms with E-state index in [4.69, 9.17) is 24.9 Å². The fourth-order valence-corrected chi connectivity index (χ4v) is 8.45. The predicted octanol–water partition coefficient (Wildman–Crippen LogP) is 3.56. The van der Waals surface area contributed by atoms with E-state index in [-0.39, 0.29) is 81.1 Å². The minimum Gasteiger partial charge on any atom is -0.458 e. The number of ketones is 1. The highest BCUT2D eigenvalue weighted by atomic mass is 19.1. The number of halogens is 1. The largest absolute Gasteiger partial charge is 0.458 e. The third-order valence-corrected chi connectivity index (χ3v) is 12.1. The van der Waals surface area contributed by atoms with Gasteiger partial charge in [0.1, 0.15) is 25.6 Å². The molecule has 3 atom stereocenters. The second kappa shape index (κ2) is 18.9. The number of Topliss-reactive ketones (excluding diaryl/α,β-unsaturated/α-hetero) is 1. The zero-order chi connectivity index (χ0) is 45.9. The summed E-state index contributed by atoms with van der Waals surface area (Å²) in [6.45, 7) is 4.38. The molecule has 338 valence electrons. The lowest BCUT2D eigenvalue weighted by atomic mass is 9.81. The molecule has 3 aliphatic rings. The number of anilines is 1. The van der Waals surface area contributed by atoms with Crippen molar-refractivity contribution >= 4 is 52.3 Å². The molecule has 5 amide bonds. The number of hydrogen-bond acceptors (Lipinski definition) is 12. The van der Waals surface area contributed by atoms with Crippen LogP contribution in [0.1, 0.15) is 90.9 Å². The number of fused-ring (bicyclic) bond motifs is 5. The third-order valence-electron chi connectivity index (χ3n) is 12.1. The number of rotatable bonds is 17. The average molecular weight is 884 g/mol. The molecule has 2 aromatic heterocycles. The van der Waals surface area contributed by atoms with Gasteiger partial charge in [0.25, 0.3) is 5.56 Å². The van der Waals surface area contributed by atoms with Gasteiger partial charge in [-0.25, -0.2) is 23.8 Å². The number of carbonyl (C=O) groups is 6. The number of nitrogens with zero attached hydrogens (tertiary/aromatic N) is 2. The van der Waals surface area contributed by atoms with Crippen LogP contribution < -0.4 is 32.6 Å². The number of urea groups is 1. The van der Waals surface area contributed by atoms with Crippen LogP contribution in [-0.2, 0) is 65.2 Å². The molecule has 2 aliphatic heterocycles. The number of pyridine rings is 2. The summed E-state index contributed by atoms with van der Waals surface area (Å²) in [6.07, 6.45) is 1.08. The van der Waals surface area contributed by atoms with E-state index in [2.05, 4.69) is 21.3 Å². The molecule has 0 unspecified atom stereocenters. The predicted molar refractivity (Wildman–Crippen MR) is 228 cm³/mol. The summed E-state index contributed by atoms with van der Waals surface area (Å²) < 4.78 is 32.7. The fourth-order valence-electron chi connectivity index (χ4n) is 8.45. The topological polar surface area (TPSA) is 259 Å². The van der Waals surface area contributed by atoms with Crippen LogP contribution in [-0.4, -0.2) is 76.7 Å². The lowest BCUT2D eigenvalue weighted by Gasteiger charge is -2.31. The molecule has 7 rings (SSSR count). The maximum absolute atomic E-state index is 15.3. The van der Waals surface area contributed by atoms with Crippen LogP contribution >= 0.6 is 0 Å². The molecular formula is C45H50FN7O11. The van der Waals surface area contributed by atoms with E-state index in [1.807, 2.05) is 0 Å². The van der Waals surface area contributed by atoms with E-state index in [0.717, 1.165) is 5.56 Å². The van der Waals surface area contributed by atoms with E-state index in [1.54, 1.807) is 51.1 Å². The van der Waals surface area contributed by atoms with Gasteiger partial charge in [0, 0.05) is 47.2 Å². The van der Waals surface area contributed by atoms with Gasteiger partial charge in [0.05, 0.1) is 48.2 Å². The Morgan fingerprint density at radius 2 is 1.86 bits per heavy atom. The van der Waals surface area contributed by atoms with E-state index in [0.29, 0.717) is 82.5 Å². The van der Waals surface area contributed by atoms with E-state index < -0.39 is 47.0 Å². The Balaban J connectivity index is 0.899. The van der Waals surface area contributed by atoms with Gasteiger partial charge in [-0.1, -0.05) is 26.0 Å². The monoisotopic (exact) mass is 883 g/mol. The Labute approximate surface area is 366 Å². The second-order valence-corrected chi connectivity index (χ2v) is 16.3. The molecule has 0 saturated carbocycles. The number of esters is 1. The summed E-state index contributed by atoms with van der Waals surface area (Å²) in [5.41, 5.74) is 7.76. The van der Waals surface area contributed by atoms with Crippen molar-refractivity contribution in [2.45, 2.75) is 90.7 Å². The smallest absolute Gasteiger partial charge is 0.407 e. The molecule has 4 heterocycles. The molecule has 1 aliphatic carbocycles. The van der Waals surface area contributed by atoms with Crippen molar-refractivity contribution in [3.63, 3.8) is 0 Å². The zero-order valence-corrected chi connectivity index (χ0v) is 35.7. The molecule has 2 aromatic carbocycles. The van der Waals surface area contributed by atoms with Crippen LogP contribution in [0, 0.1) is 18.7 Å². The SMILES string of the molecule is CC[C@@]1(O)C(=O)OCc2c1cc1n(c2=O)Cc2c-1nc1cc(F)c(C)c3c1c2[C@@H](NC(=O)COCCC(=O)CNC(=O)OCc1ccc(NC(=O)[C@@H](C)CCCNC(N)=O)cc1)CC3. The third kappa shape index (κ3) is 9.30. The number of aromatic nitrogens is 2. The van der Waals surface area contributed by atoms with Crippen molar-refractivity contribution in [3.05, 3.63) is 91.5 Å². The van der Waals surface area contributed by atoms with Crippen molar-refractivity contribution in [2.24, 2.45) is 11.7 Å². The number of nitrogens with one attached hydrogen (secondary N) is 4. The summed E-state index contributed by atoms with van der Waals surface area (Å²) in [7, 11) is 0. The number of primary amides is 1. The van der Waals surface area contributed by atoms with Crippen LogP contribution in [0.25, 0.3) is 22.3 Å². The molecular weight excluding hydrogens is 834 g/mol. The standard InChI is InChI=1S/C45H50FN7O11/c1-4-45(61)31-16-35-39-29(19-53(35)41(57)30(31)21-63-42(45)58)38-33(12-11-28-24(3)32(46)17-34(52-39)37(28)38)51-36(55)22-62-15-13-27(54)18-49-44(60)64-20-25-7-9-26(10-8-25)50-40(56)23(2)6-5-14-48-43(47)59/h7-10,16-17,23,33,61H,4-6,11-15,18-22H2,1-3H3,(H,49,60)(H,50,56)(H,51,55)(H3,47,48,59)/t23-,33-,45-/m0/s1. The Bertz CT molecular complexity index is 2610. The quantitative estimate of drug-likeness (QED) is 0.0579. The Hall–Kier alpha value is -6.73. The number of ether oxygens (including phenoxy) is 3. The normalized spacial score (nSPS) is 17.3. The molecule has 64 heavy (non-hydrogen) atoms. The van der Waals surface area contributed by atoms with Gasteiger partial charge in [0.2, 0.25) is 11.8 Å². The van der Waals surface area contributed by atoms with Crippen molar-refractivity contribution in [3.8, 4) is 11.4 Å². The van der Waals surface area contributed by atoms with Gasteiger partial charge in [-0.15, -0.1) is 0 Å². The van der Waals surface area contributed by atoms with Crippen LogP contribution in [0.4, 0.5) is 19.7 Å². The maximum Gasteiger partial charge on any atom is 0.407 e. The van der Waals surface area contributed by atoms with E-state index in [9.17, 15) is 38.7 Å². The molecule has 18 nitrogen and oxygen atoms in total. The minimum atomic E-state index is -2.02. The van der Waals surface area contributed by atoms with Crippen molar-refractivity contribution in [2.75, 3.05) is 31.6 Å². The highest BCUT2D eigenvalue weighted by Gasteiger charge is 2.46. The Morgan fingerprint density at radius 1 is 1.09 bits per heavy atom. The highest BCUT2D eigenvalue weighted by Crippen LogP contribution is 2.46. The van der Waals surface area contributed by atoms with Crippen LogP contribution in [0.15, 0.2) is 41.2 Å². The number of benzene rings is 2. The lowest BCUT2D eigenvalue weighted by molar-refractivity contribution is -0.172. The number of alkyl carbamates (subject to hydrolysis) is 1. The molecule has 7 N–H and O–H groups in total. The minimum absolute atomic E-state index is 0.0267. The first-order valence-corrected chi connectivity index (χ1v) is 21.1.